The quantitative estimate of drug-likeness (QED) is 0.615. The van der Waals surface area contributed by atoms with E-state index in [0.717, 1.165) is 29.7 Å². The van der Waals surface area contributed by atoms with Crippen molar-refractivity contribution < 1.29 is 23.0 Å². The highest BCUT2D eigenvalue weighted by Gasteiger charge is 2.43. The van der Waals surface area contributed by atoms with Crippen molar-refractivity contribution in [1.29, 1.82) is 0 Å². The Bertz CT molecular complexity index is 1220. The Morgan fingerprint density at radius 2 is 2.13 bits per heavy atom. The number of rotatable bonds is 5. The number of amides is 1. The maximum atomic E-state index is 13.1. The molecule has 3 aromatic rings. The van der Waals surface area contributed by atoms with Crippen LogP contribution in [0, 0.1) is 0 Å². The summed E-state index contributed by atoms with van der Waals surface area (Å²) < 4.78 is 34.8. The van der Waals surface area contributed by atoms with E-state index in [0.29, 0.717) is 22.7 Å². The van der Waals surface area contributed by atoms with E-state index in [1.165, 1.54) is 34.8 Å². The summed E-state index contributed by atoms with van der Waals surface area (Å²) in [5, 5.41) is 3.32. The van der Waals surface area contributed by atoms with Crippen LogP contribution in [0.3, 0.4) is 0 Å². The van der Waals surface area contributed by atoms with E-state index in [1.807, 2.05) is 0 Å². The van der Waals surface area contributed by atoms with Crippen molar-refractivity contribution in [3.63, 3.8) is 0 Å². The molecule has 2 aromatic heterocycles. The molecule has 0 radical (unpaired) electrons. The molecule has 11 heteroatoms. The molecule has 2 aliphatic rings. The lowest BCUT2D eigenvalue weighted by Gasteiger charge is -2.06. The van der Waals surface area contributed by atoms with Gasteiger partial charge < -0.3 is 19.8 Å². The maximum absolute atomic E-state index is 13.1. The normalized spacial score (nSPS) is 16.1. The van der Waals surface area contributed by atoms with Crippen LogP contribution in [0.15, 0.2) is 23.0 Å². The second-order valence-corrected chi connectivity index (χ2v) is 8.99. The third kappa shape index (κ3) is 3.63. The number of fused-ring (bicyclic) bond motifs is 4. The number of carbonyl (C=O) groups excluding carboxylic acids is 1. The number of thioether (sulfide) groups is 1. The lowest BCUT2D eigenvalue weighted by Crippen LogP contribution is -2.25. The molecule has 156 valence electrons. The molecular weight excluding hydrogens is 436 g/mol. The summed E-state index contributed by atoms with van der Waals surface area (Å²) in [6.07, 6.45) is -0.701. The number of thiophene rings is 1. The Kier molecular flexibility index (Phi) is 4.66. The van der Waals surface area contributed by atoms with Crippen LogP contribution in [-0.4, -0.2) is 27.9 Å². The molecule has 3 heterocycles. The SMILES string of the molecule is O=C(CSCc1nc2sc3c(c2c(=O)[nH]1)CCC3)Nc1ccc2c(c1)OC(F)(F)O2. The molecule has 1 aliphatic heterocycles. The summed E-state index contributed by atoms with van der Waals surface area (Å²) >= 11 is 2.86. The van der Waals surface area contributed by atoms with Gasteiger partial charge in [0.2, 0.25) is 5.91 Å². The largest absolute Gasteiger partial charge is 0.586 e. The summed E-state index contributed by atoms with van der Waals surface area (Å²) in [7, 11) is 0. The van der Waals surface area contributed by atoms with Gasteiger partial charge in [-0.2, -0.15) is 0 Å². The molecule has 1 aliphatic carbocycles. The van der Waals surface area contributed by atoms with Gasteiger partial charge in [0.25, 0.3) is 5.56 Å². The Morgan fingerprint density at radius 1 is 1.30 bits per heavy atom. The van der Waals surface area contributed by atoms with E-state index in [4.69, 9.17) is 0 Å². The van der Waals surface area contributed by atoms with Gasteiger partial charge in [-0.1, -0.05) is 0 Å². The first-order valence-corrected chi connectivity index (χ1v) is 11.2. The third-order valence-corrected chi connectivity index (χ3v) is 6.91. The van der Waals surface area contributed by atoms with Crippen molar-refractivity contribution in [3.8, 4) is 11.5 Å². The highest BCUT2D eigenvalue weighted by atomic mass is 32.2. The van der Waals surface area contributed by atoms with Gasteiger partial charge in [-0.3, -0.25) is 9.59 Å². The van der Waals surface area contributed by atoms with E-state index in [2.05, 4.69) is 24.8 Å². The number of ether oxygens (including phenoxy) is 2. The van der Waals surface area contributed by atoms with Crippen LogP contribution in [0.25, 0.3) is 10.2 Å². The molecule has 30 heavy (non-hydrogen) atoms. The van der Waals surface area contributed by atoms with E-state index in [1.54, 1.807) is 11.3 Å². The number of alkyl halides is 2. The van der Waals surface area contributed by atoms with Gasteiger partial charge in [0.05, 0.1) is 16.9 Å². The molecule has 0 saturated heterocycles. The first-order valence-electron chi connectivity index (χ1n) is 9.19. The number of carbonyl (C=O) groups is 1. The van der Waals surface area contributed by atoms with Crippen molar-refractivity contribution in [3.05, 3.63) is 44.8 Å². The summed E-state index contributed by atoms with van der Waals surface area (Å²) in [4.78, 5) is 34.0. The number of aromatic amines is 1. The second-order valence-electron chi connectivity index (χ2n) is 6.92. The Balaban J connectivity index is 1.19. The number of hydrogen-bond donors (Lipinski definition) is 2. The van der Waals surface area contributed by atoms with E-state index in [-0.39, 0.29) is 28.7 Å². The number of aromatic nitrogens is 2. The number of halogens is 2. The zero-order valence-electron chi connectivity index (χ0n) is 15.4. The average Bonchev–Trinajstić information content (AvgIpc) is 3.32. The molecule has 1 aromatic carbocycles. The van der Waals surface area contributed by atoms with Crippen molar-refractivity contribution >= 4 is 44.9 Å². The predicted molar refractivity (Wildman–Crippen MR) is 110 cm³/mol. The number of hydrogen-bond acceptors (Lipinski definition) is 7. The summed E-state index contributed by atoms with van der Waals surface area (Å²) in [6.45, 7) is 0. The van der Waals surface area contributed by atoms with Gasteiger partial charge in [0, 0.05) is 16.6 Å². The zero-order chi connectivity index (χ0) is 20.9. The van der Waals surface area contributed by atoms with Crippen LogP contribution >= 0.6 is 23.1 Å². The maximum Gasteiger partial charge on any atom is 0.586 e. The third-order valence-electron chi connectivity index (χ3n) is 4.78. The Hall–Kier alpha value is -2.66. The Morgan fingerprint density at radius 3 is 3.00 bits per heavy atom. The van der Waals surface area contributed by atoms with Gasteiger partial charge in [-0.15, -0.1) is 31.9 Å². The first kappa shape index (κ1) is 19.3. The molecule has 0 bridgehead atoms. The number of benzene rings is 1. The van der Waals surface area contributed by atoms with Crippen molar-refractivity contribution in [1.82, 2.24) is 9.97 Å². The molecule has 5 rings (SSSR count). The second kappa shape index (κ2) is 7.24. The van der Waals surface area contributed by atoms with Gasteiger partial charge in [-0.05, 0) is 37.0 Å². The zero-order valence-corrected chi connectivity index (χ0v) is 17.1. The summed E-state index contributed by atoms with van der Waals surface area (Å²) in [5.74, 6) is 0.461. The molecule has 0 saturated carbocycles. The summed E-state index contributed by atoms with van der Waals surface area (Å²) in [6, 6.07) is 4.04. The molecule has 2 N–H and O–H groups in total. The fraction of sp³-hybridized carbons (Fsp3) is 0.316. The smallest absolute Gasteiger partial charge is 0.395 e. The minimum Gasteiger partial charge on any atom is -0.395 e. The number of anilines is 1. The van der Waals surface area contributed by atoms with Crippen molar-refractivity contribution in [2.45, 2.75) is 31.3 Å². The minimum atomic E-state index is -3.70. The highest BCUT2D eigenvalue weighted by molar-refractivity contribution is 7.99. The monoisotopic (exact) mass is 451 g/mol. The molecule has 0 atom stereocenters. The van der Waals surface area contributed by atoms with Gasteiger partial charge in [0.1, 0.15) is 10.7 Å². The average molecular weight is 451 g/mol. The number of H-pyrrole nitrogens is 1. The lowest BCUT2D eigenvalue weighted by molar-refractivity contribution is -0.286. The first-order chi connectivity index (χ1) is 14.4. The Labute approximate surface area is 176 Å². The highest BCUT2D eigenvalue weighted by Crippen LogP contribution is 2.42. The molecule has 7 nitrogen and oxygen atoms in total. The molecular formula is C19H15F2N3O4S2. The minimum absolute atomic E-state index is 0.0858. The van der Waals surface area contributed by atoms with Crippen molar-refractivity contribution in [2.75, 3.05) is 11.1 Å². The van der Waals surface area contributed by atoms with Crippen LogP contribution in [0.1, 0.15) is 22.7 Å². The van der Waals surface area contributed by atoms with Crippen LogP contribution in [0.2, 0.25) is 0 Å². The molecule has 1 amide bonds. The van der Waals surface area contributed by atoms with Gasteiger partial charge in [-0.25, -0.2) is 4.98 Å². The van der Waals surface area contributed by atoms with Crippen molar-refractivity contribution in [2.24, 2.45) is 0 Å². The number of aryl methyl sites for hydroxylation is 2. The fourth-order valence-electron chi connectivity index (χ4n) is 3.58. The number of nitrogens with one attached hydrogen (secondary N) is 2. The molecule has 0 spiro atoms. The van der Waals surface area contributed by atoms with Crippen LogP contribution in [0.5, 0.6) is 11.5 Å². The van der Waals surface area contributed by atoms with E-state index < -0.39 is 6.29 Å². The topological polar surface area (TPSA) is 93.3 Å². The van der Waals surface area contributed by atoms with Gasteiger partial charge >= 0.3 is 6.29 Å². The van der Waals surface area contributed by atoms with Gasteiger partial charge in [0.15, 0.2) is 11.5 Å². The van der Waals surface area contributed by atoms with E-state index >= 15 is 0 Å². The molecule has 0 fully saturated rings. The van der Waals surface area contributed by atoms with E-state index in [9.17, 15) is 18.4 Å². The standard InChI is InChI=1S/C19H15F2N3O4S2/c20-19(21)27-11-5-4-9(6-12(11)28-19)22-15(25)8-29-7-14-23-17(26)16-10-2-1-3-13(10)30-18(16)24-14/h4-6H,1-3,7-8H2,(H,22,25)(H,23,24,26). The lowest BCUT2D eigenvalue weighted by atomic mass is 10.2. The van der Waals surface area contributed by atoms with Crippen LogP contribution < -0.4 is 20.3 Å². The number of nitrogens with zero attached hydrogens (tertiary/aromatic N) is 1. The van der Waals surface area contributed by atoms with Crippen LogP contribution in [0.4, 0.5) is 14.5 Å². The predicted octanol–water partition coefficient (Wildman–Crippen LogP) is 3.67. The van der Waals surface area contributed by atoms with Crippen LogP contribution in [-0.2, 0) is 23.4 Å². The fourth-order valence-corrected chi connectivity index (χ4v) is 5.55. The molecule has 0 unspecified atom stereocenters. The summed E-state index contributed by atoms with van der Waals surface area (Å²) in [5.41, 5.74) is 1.32.